The summed E-state index contributed by atoms with van der Waals surface area (Å²) in [5.41, 5.74) is 25.9. The fourth-order valence-corrected chi connectivity index (χ4v) is 3.28. The van der Waals surface area contributed by atoms with Crippen LogP contribution in [0.3, 0.4) is 0 Å². The summed E-state index contributed by atoms with van der Waals surface area (Å²) >= 11 is 0. The lowest BCUT2D eigenvalue weighted by molar-refractivity contribution is -0.192. The van der Waals surface area contributed by atoms with Crippen LogP contribution in [0.1, 0.15) is 22.3 Å². The van der Waals surface area contributed by atoms with E-state index >= 15 is 0 Å². The van der Waals surface area contributed by atoms with Crippen molar-refractivity contribution in [3.63, 3.8) is 0 Å². The highest BCUT2D eigenvalue weighted by atomic mass is 19.4. The molecule has 0 amide bonds. The monoisotopic (exact) mass is 574 g/mol. The van der Waals surface area contributed by atoms with E-state index < -0.39 is 12.1 Å². The minimum atomic E-state index is -5.08. The number of rotatable bonds is 12. The average Bonchev–Trinajstić information content (AvgIpc) is 2.92. The van der Waals surface area contributed by atoms with Crippen LogP contribution in [-0.4, -0.2) is 42.3 Å². The van der Waals surface area contributed by atoms with Gasteiger partial charge in [0.05, 0.1) is 0 Å². The van der Waals surface area contributed by atoms with E-state index in [0.29, 0.717) is 26.3 Å². The Bertz CT molecular complexity index is 1200. The molecular weight excluding hydrogens is 541 g/mol. The molecule has 0 spiro atoms. The molecule has 3 rings (SSSR count). The van der Waals surface area contributed by atoms with Crippen molar-refractivity contribution in [2.45, 2.75) is 32.2 Å². The molecule has 220 valence electrons. The zero-order valence-electron chi connectivity index (χ0n) is 22.2. The molecule has 0 heterocycles. The number of guanidine groups is 2. The van der Waals surface area contributed by atoms with E-state index in [2.05, 4.69) is 16.1 Å². The molecule has 0 radical (unpaired) electrons. The Hall–Kier alpha value is -4.94. The number of aliphatic carboxylic acids is 1. The molecule has 0 fully saturated rings. The maximum Gasteiger partial charge on any atom is 0.490 e. The van der Waals surface area contributed by atoms with Crippen LogP contribution in [0.25, 0.3) is 0 Å². The Morgan fingerprint density at radius 1 is 0.683 bits per heavy atom. The summed E-state index contributed by atoms with van der Waals surface area (Å²) in [4.78, 5) is 16.9. The number of benzene rings is 3. The maximum absolute atomic E-state index is 10.6. The molecule has 3 aromatic carbocycles. The van der Waals surface area contributed by atoms with Crippen molar-refractivity contribution in [1.82, 2.24) is 0 Å². The predicted molar refractivity (Wildman–Crippen MR) is 150 cm³/mol. The van der Waals surface area contributed by atoms with E-state index in [0.717, 1.165) is 46.6 Å². The lowest BCUT2D eigenvalue weighted by atomic mass is 10.1. The van der Waals surface area contributed by atoms with Gasteiger partial charge in [-0.15, -0.1) is 0 Å². The van der Waals surface area contributed by atoms with E-state index in [-0.39, 0.29) is 11.9 Å². The second kappa shape index (κ2) is 16.2. The summed E-state index contributed by atoms with van der Waals surface area (Å²) in [6.07, 6.45) is -3.53. The number of carbonyl (C=O) groups is 1. The third-order valence-electron chi connectivity index (χ3n) is 5.28. The quantitative estimate of drug-likeness (QED) is 0.161. The van der Waals surface area contributed by atoms with E-state index in [1.807, 2.05) is 66.7 Å². The number of carboxylic acids is 1. The minimum absolute atomic E-state index is 0.112. The van der Waals surface area contributed by atoms with Gasteiger partial charge in [-0.05, 0) is 65.4 Å². The largest absolute Gasteiger partial charge is 0.490 e. The van der Waals surface area contributed by atoms with Crippen molar-refractivity contribution < 1.29 is 32.5 Å². The zero-order valence-corrected chi connectivity index (χ0v) is 22.2. The predicted octanol–water partition coefficient (Wildman–Crippen LogP) is 3.11. The van der Waals surface area contributed by atoms with Crippen LogP contribution in [0.2, 0.25) is 0 Å². The van der Waals surface area contributed by atoms with Gasteiger partial charge in [-0.3, -0.25) is 9.98 Å². The van der Waals surface area contributed by atoms with Gasteiger partial charge >= 0.3 is 12.1 Å². The Labute approximate surface area is 235 Å². The van der Waals surface area contributed by atoms with Crippen LogP contribution in [0, 0.1) is 0 Å². The van der Waals surface area contributed by atoms with Gasteiger partial charge in [0.25, 0.3) is 0 Å². The summed E-state index contributed by atoms with van der Waals surface area (Å²) in [5, 5.41) is 7.12. The minimum Gasteiger partial charge on any atom is -0.489 e. The normalized spacial score (nSPS) is 10.5. The lowest BCUT2D eigenvalue weighted by Gasteiger charge is -2.10. The molecule has 3 aromatic rings. The fraction of sp³-hybridized carbons (Fsp3) is 0.250. The highest BCUT2D eigenvalue weighted by Crippen LogP contribution is 2.18. The maximum atomic E-state index is 10.6. The summed E-state index contributed by atoms with van der Waals surface area (Å²) in [7, 11) is 0. The molecule has 13 heteroatoms. The molecule has 0 aliphatic carbocycles. The Morgan fingerprint density at radius 2 is 1.05 bits per heavy atom. The van der Waals surface area contributed by atoms with Gasteiger partial charge in [0, 0.05) is 13.1 Å². The van der Waals surface area contributed by atoms with Gasteiger partial charge in [0.15, 0.2) is 11.9 Å². The summed E-state index contributed by atoms with van der Waals surface area (Å²) < 4.78 is 43.6. The number of ether oxygens (including phenoxy) is 2. The van der Waals surface area contributed by atoms with Crippen molar-refractivity contribution in [3.05, 3.63) is 95.1 Å². The number of aliphatic imine (C=N–C) groups is 2. The first-order valence-corrected chi connectivity index (χ1v) is 12.3. The molecule has 41 heavy (non-hydrogen) atoms. The topological polar surface area (TPSA) is 185 Å². The van der Waals surface area contributed by atoms with E-state index in [4.69, 9.17) is 42.3 Å². The van der Waals surface area contributed by atoms with Crippen molar-refractivity contribution in [2.75, 3.05) is 13.1 Å². The van der Waals surface area contributed by atoms with Crippen molar-refractivity contribution in [1.29, 1.82) is 0 Å². The van der Waals surface area contributed by atoms with Crippen LogP contribution in [0.15, 0.2) is 82.8 Å². The highest BCUT2D eigenvalue weighted by molar-refractivity contribution is 5.76. The van der Waals surface area contributed by atoms with Crippen LogP contribution in [-0.2, 0) is 30.8 Å². The fourth-order valence-electron chi connectivity index (χ4n) is 3.28. The molecule has 0 aliphatic rings. The summed E-state index contributed by atoms with van der Waals surface area (Å²) in [6, 6.07) is 24.1. The number of hydrogen-bond donors (Lipinski definition) is 5. The number of nitrogens with two attached hydrogens (primary N) is 4. The van der Waals surface area contributed by atoms with Gasteiger partial charge in [-0.1, -0.05) is 42.5 Å². The highest BCUT2D eigenvalue weighted by Gasteiger charge is 2.38. The molecule has 0 aliphatic heterocycles. The first-order chi connectivity index (χ1) is 19.4. The number of alkyl halides is 3. The number of hydrogen-bond acceptors (Lipinski definition) is 5. The van der Waals surface area contributed by atoms with Crippen molar-refractivity contribution in [2.24, 2.45) is 32.9 Å². The number of halogens is 3. The third kappa shape index (κ3) is 13.6. The average molecular weight is 575 g/mol. The molecule has 0 unspecified atom stereocenters. The van der Waals surface area contributed by atoms with Gasteiger partial charge in [-0.2, -0.15) is 13.2 Å². The van der Waals surface area contributed by atoms with Crippen LogP contribution < -0.4 is 32.4 Å². The van der Waals surface area contributed by atoms with Crippen LogP contribution in [0.4, 0.5) is 13.2 Å². The smallest absolute Gasteiger partial charge is 0.489 e. The Kier molecular flexibility index (Phi) is 12.8. The second-order valence-electron chi connectivity index (χ2n) is 8.60. The molecule has 0 bridgehead atoms. The molecule has 0 saturated carbocycles. The lowest BCUT2D eigenvalue weighted by Crippen LogP contribution is -2.23. The first-order valence-electron chi connectivity index (χ1n) is 12.3. The molecule has 10 nitrogen and oxygen atoms in total. The molecular formula is C28H33F3N6O4. The standard InChI is InChI=1S/C26H32N6O2.C2HF3O2/c27-25(28)31-14-12-19-4-8-23(9-5-19)33-17-21-2-1-3-22(16-21)18-34-24-10-6-20(7-11-24)13-15-32-26(29)30;3-2(4,5)1(6)7/h1-11,16H,12-15,17-18H2,(H4,27,28,31)(H4,29,30,32);(H,6,7). The van der Waals surface area contributed by atoms with E-state index in [1.165, 1.54) is 0 Å². The first kappa shape index (κ1) is 32.3. The van der Waals surface area contributed by atoms with Crippen molar-refractivity contribution >= 4 is 17.9 Å². The molecule has 0 atom stereocenters. The van der Waals surface area contributed by atoms with Gasteiger partial charge in [-0.25, -0.2) is 4.79 Å². The zero-order chi connectivity index (χ0) is 30.3. The van der Waals surface area contributed by atoms with Gasteiger partial charge in [0.2, 0.25) is 0 Å². The molecule has 0 saturated heterocycles. The van der Waals surface area contributed by atoms with E-state index in [9.17, 15) is 13.2 Å². The van der Waals surface area contributed by atoms with Crippen LogP contribution >= 0.6 is 0 Å². The molecule has 0 aromatic heterocycles. The molecule has 9 N–H and O–H groups in total. The Balaban J connectivity index is 0.000000745. The van der Waals surface area contributed by atoms with Crippen LogP contribution in [0.5, 0.6) is 11.5 Å². The SMILES string of the molecule is NC(N)=NCCc1ccc(OCc2cccc(COc3ccc(CCN=C(N)N)cc3)c2)cc1.O=C(O)C(F)(F)F. The van der Waals surface area contributed by atoms with Crippen molar-refractivity contribution in [3.8, 4) is 11.5 Å². The summed E-state index contributed by atoms with van der Waals surface area (Å²) in [5.74, 6) is -0.908. The van der Waals surface area contributed by atoms with Gasteiger partial charge < -0.3 is 37.5 Å². The Morgan fingerprint density at radius 3 is 1.37 bits per heavy atom. The number of carboxylic acid groups (broad SMARTS) is 1. The third-order valence-corrected chi connectivity index (χ3v) is 5.28. The van der Waals surface area contributed by atoms with Gasteiger partial charge in [0.1, 0.15) is 24.7 Å². The number of nitrogens with zero attached hydrogens (tertiary/aromatic N) is 2. The summed E-state index contributed by atoms with van der Waals surface area (Å²) in [6.45, 7) is 2.10. The second-order valence-corrected chi connectivity index (χ2v) is 8.60. The van der Waals surface area contributed by atoms with E-state index in [1.54, 1.807) is 0 Å².